The van der Waals surface area contributed by atoms with E-state index in [1.165, 1.54) is 6.07 Å². The highest BCUT2D eigenvalue weighted by Crippen LogP contribution is 2.32. The molecule has 0 aliphatic carbocycles. The maximum Gasteiger partial charge on any atom is 0.139 e. The van der Waals surface area contributed by atoms with Crippen molar-refractivity contribution < 1.29 is 9.13 Å². The quantitative estimate of drug-likeness (QED) is 0.871. The Balaban J connectivity index is 2.07. The maximum atomic E-state index is 13.6. The summed E-state index contributed by atoms with van der Waals surface area (Å²) in [7, 11) is 1.73. The molecule has 1 aliphatic rings. The monoisotopic (exact) mass is 316 g/mol. The summed E-state index contributed by atoms with van der Waals surface area (Å²) >= 11 is 3.14. The van der Waals surface area contributed by atoms with E-state index in [1.807, 2.05) is 0 Å². The van der Waals surface area contributed by atoms with Crippen molar-refractivity contribution in [3.05, 3.63) is 22.4 Å². The Morgan fingerprint density at radius 3 is 2.72 bits per heavy atom. The molecule has 0 atom stereocenters. The first-order valence-electron chi connectivity index (χ1n) is 6.10. The molecule has 0 bridgehead atoms. The third kappa shape index (κ3) is 2.95. The summed E-state index contributed by atoms with van der Waals surface area (Å²) in [5.74, 6) is 0.339. The van der Waals surface area contributed by atoms with E-state index in [9.17, 15) is 4.39 Å². The van der Waals surface area contributed by atoms with E-state index in [0.717, 1.165) is 38.2 Å². The molecule has 100 valence electrons. The molecule has 1 aromatic rings. The first kappa shape index (κ1) is 13.6. The van der Waals surface area contributed by atoms with Crippen LogP contribution in [0.1, 0.15) is 12.8 Å². The molecule has 1 aliphatic heterocycles. The van der Waals surface area contributed by atoms with Crippen LogP contribution in [0.15, 0.2) is 16.6 Å². The lowest BCUT2D eigenvalue weighted by Crippen LogP contribution is -2.35. The van der Waals surface area contributed by atoms with Gasteiger partial charge in [-0.2, -0.15) is 0 Å². The zero-order valence-corrected chi connectivity index (χ0v) is 12.0. The molecule has 0 unspecified atom stereocenters. The Hall–Kier alpha value is -0.810. The summed E-state index contributed by atoms with van der Waals surface area (Å²) in [5, 5.41) is 0. The van der Waals surface area contributed by atoms with Crippen LogP contribution in [0, 0.1) is 11.7 Å². The van der Waals surface area contributed by atoms with Crippen molar-refractivity contribution in [1.82, 2.24) is 0 Å². The zero-order chi connectivity index (χ0) is 13.1. The molecule has 5 heteroatoms. The van der Waals surface area contributed by atoms with Gasteiger partial charge in [-0.3, -0.25) is 0 Å². The summed E-state index contributed by atoms with van der Waals surface area (Å²) in [4.78, 5) is 2.15. The Kier molecular flexibility index (Phi) is 4.45. The number of halogens is 2. The minimum atomic E-state index is -0.266. The highest BCUT2D eigenvalue weighted by molar-refractivity contribution is 9.10. The van der Waals surface area contributed by atoms with Crippen molar-refractivity contribution >= 4 is 27.3 Å². The lowest BCUT2D eigenvalue weighted by Gasteiger charge is -2.34. The largest absolute Gasteiger partial charge is 0.397 e. The van der Waals surface area contributed by atoms with E-state index in [2.05, 4.69) is 20.8 Å². The van der Waals surface area contributed by atoms with Gasteiger partial charge in [0.25, 0.3) is 0 Å². The molecule has 0 aromatic heterocycles. The topological polar surface area (TPSA) is 38.5 Å². The number of rotatable bonds is 3. The molecule has 1 saturated heterocycles. The van der Waals surface area contributed by atoms with Crippen LogP contribution >= 0.6 is 15.9 Å². The lowest BCUT2D eigenvalue weighted by molar-refractivity contribution is 0.139. The van der Waals surface area contributed by atoms with Gasteiger partial charge in [0, 0.05) is 32.9 Å². The first-order valence-corrected chi connectivity index (χ1v) is 6.89. The molecule has 2 N–H and O–H groups in total. The van der Waals surface area contributed by atoms with E-state index in [4.69, 9.17) is 10.5 Å². The number of nitrogen functional groups attached to an aromatic ring is 1. The molecule has 1 aromatic carbocycles. The highest BCUT2D eigenvalue weighted by Gasteiger charge is 2.21. The number of anilines is 2. The summed E-state index contributed by atoms with van der Waals surface area (Å²) in [5.41, 5.74) is 7.37. The van der Waals surface area contributed by atoms with Crippen molar-refractivity contribution in [2.75, 3.05) is 37.4 Å². The molecule has 0 spiro atoms. The van der Waals surface area contributed by atoms with Gasteiger partial charge in [-0.1, -0.05) is 0 Å². The van der Waals surface area contributed by atoms with Crippen molar-refractivity contribution in [2.24, 2.45) is 5.92 Å². The summed E-state index contributed by atoms with van der Waals surface area (Å²) < 4.78 is 19.1. The standard InChI is InChI=1S/C13H18BrFN2O/c1-18-8-9-2-4-17(5-3-9)13-7-11(15)10(14)6-12(13)16/h6-7,9H,2-5,8,16H2,1H3. The number of nitrogens with two attached hydrogens (primary N) is 1. The fraction of sp³-hybridized carbons (Fsp3) is 0.538. The first-order chi connectivity index (χ1) is 8.61. The van der Waals surface area contributed by atoms with Crippen LogP contribution < -0.4 is 10.6 Å². The van der Waals surface area contributed by atoms with E-state index in [-0.39, 0.29) is 5.82 Å². The van der Waals surface area contributed by atoms with E-state index in [1.54, 1.807) is 13.2 Å². The van der Waals surface area contributed by atoms with Gasteiger partial charge in [-0.15, -0.1) is 0 Å². The molecule has 0 amide bonds. The van der Waals surface area contributed by atoms with Crippen molar-refractivity contribution in [3.8, 4) is 0 Å². The van der Waals surface area contributed by atoms with Gasteiger partial charge < -0.3 is 15.4 Å². The van der Waals surface area contributed by atoms with Gasteiger partial charge in [0.2, 0.25) is 0 Å². The molecule has 1 fully saturated rings. The number of hydrogen-bond acceptors (Lipinski definition) is 3. The van der Waals surface area contributed by atoms with Gasteiger partial charge in [-0.05, 0) is 40.8 Å². The second-order valence-corrected chi connectivity index (χ2v) is 5.57. The summed E-state index contributed by atoms with van der Waals surface area (Å²) in [6.07, 6.45) is 2.12. The number of nitrogens with zero attached hydrogens (tertiary/aromatic N) is 1. The van der Waals surface area contributed by atoms with Crippen molar-refractivity contribution in [1.29, 1.82) is 0 Å². The van der Waals surface area contributed by atoms with Gasteiger partial charge in [-0.25, -0.2) is 4.39 Å². The number of methoxy groups -OCH3 is 1. The van der Waals surface area contributed by atoms with Crippen molar-refractivity contribution in [3.63, 3.8) is 0 Å². The SMILES string of the molecule is COCC1CCN(c2cc(F)c(Br)cc2N)CC1. The molecular formula is C13H18BrFN2O. The maximum absolute atomic E-state index is 13.6. The van der Waals surface area contributed by atoms with Crippen LogP contribution in [0.5, 0.6) is 0 Å². The molecular weight excluding hydrogens is 299 g/mol. The summed E-state index contributed by atoms with van der Waals surface area (Å²) in [6, 6.07) is 3.14. The van der Waals surface area contributed by atoms with Gasteiger partial charge in [0.15, 0.2) is 0 Å². The minimum Gasteiger partial charge on any atom is -0.397 e. The average molecular weight is 317 g/mol. The van der Waals surface area contributed by atoms with Gasteiger partial charge >= 0.3 is 0 Å². The highest BCUT2D eigenvalue weighted by atomic mass is 79.9. The van der Waals surface area contributed by atoms with Crippen LogP contribution in [0.25, 0.3) is 0 Å². The Morgan fingerprint density at radius 1 is 1.44 bits per heavy atom. The van der Waals surface area contributed by atoms with Gasteiger partial charge in [0.05, 0.1) is 15.8 Å². The normalized spacial score (nSPS) is 17.2. The molecule has 0 radical (unpaired) electrons. The summed E-state index contributed by atoms with van der Waals surface area (Å²) in [6.45, 7) is 2.61. The van der Waals surface area contributed by atoms with Gasteiger partial charge in [0.1, 0.15) is 5.82 Å². The number of benzene rings is 1. The van der Waals surface area contributed by atoms with Crippen LogP contribution in [0.3, 0.4) is 0 Å². The molecule has 18 heavy (non-hydrogen) atoms. The molecule has 3 nitrogen and oxygen atoms in total. The van der Waals surface area contributed by atoms with E-state index >= 15 is 0 Å². The Morgan fingerprint density at radius 2 is 2.11 bits per heavy atom. The molecule has 0 saturated carbocycles. The lowest BCUT2D eigenvalue weighted by atomic mass is 9.97. The predicted octanol–water partition coefficient (Wildman–Crippen LogP) is 3.03. The average Bonchev–Trinajstić information content (AvgIpc) is 2.35. The van der Waals surface area contributed by atoms with Crippen molar-refractivity contribution in [2.45, 2.75) is 12.8 Å². The third-order valence-electron chi connectivity index (χ3n) is 3.43. The third-order valence-corrected chi connectivity index (χ3v) is 4.03. The zero-order valence-electron chi connectivity index (χ0n) is 10.5. The Labute approximate surface area is 115 Å². The minimum absolute atomic E-state index is 0.266. The number of ether oxygens (including phenoxy) is 1. The molecule has 1 heterocycles. The number of piperidine rings is 1. The fourth-order valence-electron chi connectivity index (χ4n) is 2.40. The van der Waals surface area contributed by atoms with Crippen LogP contribution in [0.2, 0.25) is 0 Å². The smallest absolute Gasteiger partial charge is 0.139 e. The van der Waals surface area contributed by atoms with Crippen LogP contribution in [0.4, 0.5) is 15.8 Å². The van der Waals surface area contributed by atoms with Crippen LogP contribution in [-0.4, -0.2) is 26.8 Å². The second kappa shape index (κ2) is 5.89. The number of hydrogen-bond donors (Lipinski definition) is 1. The molecule has 2 rings (SSSR count). The fourth-order valence-corrected chi connectivity index (χ4v) is 2.76. The Bertz CT molecular complexity index is 420. The second-order valence-electron chi connectivity index (χ2n) is 4.71. The van der Waals surface area contributed by atoms with E-state index < -0.39 is 0 Å². The van der Waals surface area contributed by atoms with E-state index in [0.29, 0.717) is 16.1 Å². The van der Waals surface area contributed by atoms with Crippen LogP contribution in [-0.2, 0) is 4.74 Å². The predicted molar refractivity (Wildman–Crippen MR) is 75.3 cm³/mol.